The van der Waals surface area contributed by atoms with E-state index in [2.05, 4.69) is 26.0 Å². The molecule has 0 saturated carbocycles. The second-order valence-electron chi connectivity index (χ2n) is 7.03. The van der Waals surface area contributed by atoms with Crippen LogP contribution in [0.15, 0.2) is 66.7 Å². The summed E-state index contributed by atoms with van der Waals surface area (Å²) >= 11 is 1.59. The third-order valence-corrected chi connectivity index (χ3v) is 6.16. The Morgan fingerprint density at radius 3 is 2.53 bits per heavy atom. The first kappa shape index (κ1) is 19.7. The largest absolute Gasteiger partial charge is 0.508 e. The number of fused-ring (bicyclic) bond motifs is 1. The lowest BCUT2D eigenvalue weighted by Crippen LogP contribution is -1.89. The summed E-state index contributed by atoms with van der Waals surface area (Å²) < 4.78 is 7.27. The molecule has 150 valence electrons. The summed E-state index contributed by atoms with van der Waals surface area (Å²) in [6, 6.07) is 18.7. The Bertz CT molecular complexity index is 1270. The van der Waals surface area contributed by atoms with Gasteiger partial charge in [-0.25, -0.2) is 4.79 Å². The van der Waals surface area contributed by atoms with Gasteiger partial charge in [-0.2, -0.15) is 0 Å². The number of thiophene rings is 1. The number of phenols is 1. The van der Waals surface area contributed by atoms with Gasteiger partial charge in [-0.05, 0) is 72.5 Å². The lowest BCUT2D eigenvalue weighted by molar-refractivity contribution is -0.131. The number of carboxylic acids is 1. The van der Waals surface area contributed by atoms with E-state index >= 15 is 0 Å². The van der Waals surface area contributed by atoms with Crippen molar-refractivity contribution >= 4 is 33.5 Å². The molecule has 0 aliphatic heterocycles. The van der Waals surface area contributed by atoms with Gasteiger partial charge < -0.3 is 14.9 Å². The van der Waals surface area contributed by atoms with Crippen molar-refractivity contribution in [1.82, 2.24) is 0 Å². The highest BCUT2D eigenvalue weighted by Crippen LogP contribution is 2.48. The van der Waals surface area contributed by atoms with Crippen LogP contribution in [0.3, 0.4) is 0 Å². The fraction of sp³-hybridized carbons (Fsp3) is 0.0800. The molecule has 4 aromatic rings. The monoisotopic (exact) mass is 416 g/mol. The van der Waals surface area contributed by atoms with Gasteiger partial charge in [-0.15, -0.1) is 11.3 Å². The fourth-order valence-electron chi connectivity index (χ4n) is 3.27. The number of aliphatic carboxylic acids is 1. The van der Waals surface area contributed by atoms with Crippen molar-refractivity contribution in [3.63, 3.8) is 0 Å². The molecule has 1 aromatic heterocycles. The van der Waals surface area contributed by atoms with Gasteiger partial charge in [0, 0.05) is 16.2 Å². The van der Waals surface area contributed by atoms with Crippen LogP contribution in [-0.2, 0) is 4.79 Å². The highest BCUT2D eigenvalue weighted by Gasteiger charge is 2.18. The number of aromatic hydroxyl groups is 1. The average molecular weight is 416 g/mol. The van der Waals surface area contributed by atoms with Gasteiger partial charge in [-0.3, -0.25) is 0 Å². The van der Waals surface area contributed by atoms with E-state index in [-0.39, 0.29) is 5.75 Å². The van der Waals surface area contributed by atoms with Crippen LogP contribution in [0, 0.1) is 13.8 Å². The quantitative estimate of drug-likeness (QED) is 0.352. The van der Waals surface area contributed by atoms with Crippen molar-refractivity contribution in [2.24, 2.45) is 0 Å². The second-order valence-corrected chi connectivity index (χ2v) is 8.08. The van der Waals surface area contributed by atoms with Crippen molar-refractivity contribution in [1.29, 1.82) is 0 Å². The van der Waals surface area contributed by atoms with Gasteiger partial charge >= 0.3 is 5.97 Å². The molecule has 0 aliphatic carbocycles. The number of hydrogen-bond donors (Lipinski definition) is 2. The van der Waals surface area contributed by atoms with Gasteiger partial charge in [-0.1, -0.05) is 30.3 Å². The van der Waals surface area contributed by atoms with Crippen LogP contribution in [0.25, 0.3) is 26.6 Å². The Morgan fingerprint density at radius 2 is 1.80 bits per heavy atom. The summed E-state index contributed by atoms with van der Waals surface area (Å²) in [5.41, 5.74) is 4.27. The highest BCUT2D eigenvalue weighted by molar-refractivity contribution is 7.22. The first-order chi connectivity index (χ1) is 14.4. The van der Waals surface area contributed by atoms with E-state index < -0.39 is 5.97 Å². The zero-order chi connectivity index (χ0) is 21.3. The second kappa shape index (κ2) is 8.05. The first-order valence-electron chi connectivity index (χ1n) is 9.43. The van der Waals surface area contributed by atoms with Gasteiger partial charge in [0.15, 0.2) is 5.75 Å². The van der Waals surface area contributed by atoms with E-state index in [1.54, 1.807) is 23.5 Å². The van der Waals surface area contributed by atoms with Crippen molar-refractivity contribution in [3.8, 4) is 27.7 Å². The van der Waals surface area contributed by atoms with Gasteiger partial charge in [0.25, 0.3) is 0 Å². The summed E-state index contributed by atoms with van der Waals surface area (Å²) in [5, 5.41) is 19.6. The molecule has 3 aromatic carbocycles. The molecule has 4 nitrogen and oxygen atoms in total. The number of hydrogen-bond acceptors (Lipinski definition) is 4. The van der Waals surface area contributed by atoms with Gasteiger partial charge in [0.1, 0.15) is 11.5 Å². The van der Waals surface area contributed by atoms with Crippen LogP contribution in [-0.4, -0.2) is 16.2 Å². The van der Waals surface area contributed by atoms with Crippen LogP contribution < -0.4 is 4.74 Å². The molecule has 0 atom stereocenters. The van der Waals surface area contributed by atoms with Crippen LogP contribution in [0.4, 0.5) is 0 Å². The molecule has 0 spiro atoms. The van der Waals surface area contributed by atoms with Crippen LogP contribution >= 0.6 is 11.3 Å². The Labute approximate surface area is 178 Å². The van der Waals surface area contributed by atoms with Crippen molar-refractivity contribution in [2.45, 2.75) is 13.8 Å². The minimum Gasteiger partial charge on any atom is -0.508 e. The number of rotatable bonds is 5. The Kier molecular flexibility index (Phi) is 5.29. The summed E-state index contributed by atoms with van der Waals surface area (Å²) in [5.74, 6) is 0.637. The smallest absolute Gasteiger partial charge is 0.328 e. The van der Waals surface area contributed by atoms with E-state index in [1.165, 1.54) is 17.2 Å². The minimum atomic E-state index is -0.985. The number of carboxylic acid groups (broad SMARTS) is 1. The van der Waals surface area contributed by atoms with Crippen LogP contribution in [0.1, 0.15) is 16.7 Å². The summed E-state index contributed by atoms with van der Waals surface area (Å²) in [6.07, 6.45) is 2.64. The molecule has 0 radical (unpaired) electrons. The maximum atomic E-state index is 10.7. The van der Waals surface area contributed by atoms with Crippen LogP contribution in [0.5, 0.6) is 17.2 Å². The van der Waals surface area contributed by atoms with Gasteiger partial charge in [0.05, 0.1) is 4.88 Å². The molecule has 0 bridgehead atoms. The van der Waals surface area contributed by atoms with E-state index in [9.17, 15) is 9.90 Å². The maximum absolute atomic E-state index is 10.7. The van der Waals surface area contributed by atoms with E-state index in [1.807, 2.05) is 36.4 Å². The molecule has 0 aliphatic rings. The van der Waals surface area contributed by atoms with Crippen molar-refractivity contribution in [3.05, 3.63) is 83.4 Å². The number of ether oxygens (including phenoxy) is 1. The number of benzene rings is 3. The maximum Gasteiger partial charge on any atom is 0.328 e. The number of carbonyl (C=O) groups is 1. The standard InChI is InChI=1S/C25H20O4S/c1-15-4-3-5-20(16(15)2)25-24(21-12-9-18(26)14-22(21)30-25)29-19-10-6-17(7-11-19)8-13-23(27)28/h3-14,26H,1-2H3,(H,27,28). The zero-order valence-corrected chi connectivity index (χ0v) is 17.4. The van der Waals surface area contributed by atoms with Crippen LogP contribution in [0.2, 0.25) is 0 Å². The Morgan fingerprint density at radius 1 is 1.03 bits per heavy atom. The number of aryl methyl sites for hydroxylation is 1. The molecule has 0 amide bonds. The first-order valence-corrected chi connectivity index (χ1v) is 10.2. The molecule has 2 N–H and O–H groups in total. The molecule has 0 fully saturated rings. The third kappa shape index (κ3) is 3.93. The van der Waals surface area contributed by atoms with E-state index in [0.29, 0.717) is 5.75 Å². The van der Waals surface area contributed by atoms with E-state index in [4.69, 9.17) is 9.84 Å². The summed E-state index contributed by atoms with van der Waals surface area (Å²) in [4.78, 5) is 11.7. The van der Waals surface area contributed by atoms with Crippen molar-refractivity contribution in [2.75, 3.05) is 0 Å². The molecule has 4 rings (SSSR count). The Balaban J connectivity index is 1.79. The lowest BCUT2D eigenvalue weighted by Gasteiger charge is -2.11. The predicted molar refractivity (Wildman–Crippen MR) is 122 cm³/mol. The molecule has 1 heterocycles. The summed E-state index contributed by atoms with van der Waals surface area (Å²) in [7, 11) is 0. The zero-order valence-electron chi connectivity index (χ0n) is 16.5. The molecule has 0 unspecified atom stereocenters. The molecule has 30 heavy (non-hydrogen) atoms. The fourth-order valence-corrected chi connectivity index (χ4v) is 4.52. The SMILES string of the molecule is Cc1cccc(-c2sc3cc(O)ccc3c2Oc2ccc(C=CC(=O)O)cc2)c1C. The predicted octanol–water partition coefficient (Wildman–Crippen LogP) is 6.78. The molecular weight excluding hydrogens is 396 g/mol. The topological polar surface area (TPSA) is 66.8 Å². The number of phenolic OH excluding ortho intramolecular Hbond substituents is 1. The van der Waals surface area contributed by atoms with Crippen molar-refractivity contribution < 1.29 is 19.7 Å². The molecule has 0 saturated heterocycles. The third-order valence-electron chi connectivity index (χ3n) is 5.00. The lowest BCUT2D eigenvalue weighted by atomic mass is 10.0. The highest BCUT2D eigenvalue weighted by atomic mass is 32.1. The van der Waals surface area contributed by atoms with E-state index in [0.717, 1.165) is 37.9 Å². The Hall–Kier alpha value is -3.57. The molecule has 5 heteroatoms. The molecular formula is C25H20O4S. The summed E-state index contributed by atoms with van der Waals surface area (Å²) in [6.45, 7) is 4.18. The average Bonchev–Trinajstić information content (AvgIpc) is 3.06. The minimum absolute atomic E-state index is 0.220. The van der Waals surface area contributed by atoms with Gasteiger partial charge in [0.2, 0.25) is 0 Å². The normalized spacial score (nSPS) is 11.3.